The first-order valence-corrected chi connectivity index (χ1v) is 7.13. The third kappa shape index (κ3) is 2.80. The summed E-state index contributed by atoms with van der Waals surface area (Å²) in [6.07, 6.45) is -0.778. The second-order valence-electron chi connectivity index (χ2n) is 5.36. The summed E-state index contributed by atoms with van der Waals surface area (Å²) in [4.78, 5) is 31.1. The van der Waals surface area contributed by atoms with Gasteiger partial charge < -0.3 is 19.3 Å². The zero-order valence-corrected chi connectivity index (χ0v) is 12.2. The average molecular weight is 303 g/mol. The minimum absolute atomic E-state index is 0.00433. The Morgan fingerprint density at radius 3 is 2.64 bits per heavy atom. The van der Waals surface area contributed by atoms with Gasteiger partial charge in [0.05, 0.1) is 6.10 Å². The van der Waals surface area contributed by atoms with Crippen LogP contribution in [0, 0.1) is 0 Å². The standard InChI is InChI=1S/C15H17N3O4/c1-10(19)17-6-7-18(9-11(20)8-17)15(21)14-16-12-4-2-3-5-13(12)22-14/h2-5,11,20H,6-9H2,1H3. The summed E-state index contributed by atoms with van der Waals surface area (Å²) in [7, 11) is 0. The Morgan fingerprint density at radius 1 is 1.23 bits per heavy atom. The van der Waals surface area contributed by atoms with E-state index in [0.29, 0.717) is 24.2 Å². The summed E-state index contributed by atoms with van der Waals surface area (Å²) in [6, 6.07) is 7.14. The number of β-amino-alcohol motifs (C(OH)–C–C–N with tert-alkyl or cyclic N) is 1. The van der Waals surface area contributed by atoms with E-state index in [-0.39, 0.29) is 30.8 Å². The molecule has 1 aliphatic heterocycles. The molecule has 0 radical (unpaired) electrons. The highest BCUT2D eigenvalue weighted by molar-refractivity contribution is 5.92. The van der Waals surface area contributed by atoms with Crippen LogP contribution >= 0.6 is 0 Å². The summed E-state index contributed by atoms with van der Waals surface area (Å²) in [5.41, 5.74) is 1.16. The number of hydrogen-bond donors (Lipinski definition) is 1. The Kier molecular flexibility index (Phi) is 3.81. The summed E-state index contributed by atoms with van der Waals surface area (Å²) in [5.74, 6) is -0.486. The fraction of sp³-hybridized carbons (Fsp3) is 0.400. The van der Waals surface area contributed by atoms with Crippen LogP contribution in [-0.2, 0) is 4.79 Å². The zero-order valence-electron chi connectivity index (χ0n) is 12.2. The number of benzene rings is 1. The van der Waals surface area contributed by atoms with Gasteiger partial charge in [-0.25, -0.2) is 4.98 Å². The van der Waals surface area contributed by atoms with E-state index >= 15 is 0 Å². The van der Waals surface area contributed by atoms with Crippen LogP contribution in [0.5, 0.6) is 0 Å². The Morgan fingerprint density at radius 2 is 1.91 bits per heavy atom. The molecule has 22 heavy (non-hydrogen) atoms. The van der Waals surface area contributed by atoms with Crippen molar-refractivity contribution in [2.45, 2.75) is 13.0 Å². The molecule has 2 heterocycles. The van der Waals surface area contributed by atoms with Crippen molar-refractivity contribution < 1.29 is 19.1 Å². The lowest BCUT2D eigenvalue weighted by Gasteiger charge is -2.19. The highest BCUT2D eigenvalue weighted by atomic mass is 16.4. The number of aromatic nitrogens is 1. The largest absolute Gasteiger partial charge is 0.432 e. The van der Waals surface area contributed by atoms with E-state index in [4.69, 9.17) is 4.42 Å². The average Bonchev–Trinajstić information content (AvgIpc) is 2.82. The molecule has 1 aliphatic rings. The van der Waals surface area contributed by atoms with Crippen molar-refractivity contribution in [1.82, 2.24) is 14.8 Å². The monoisotopic (exact) mass is 303 g/mol. The van der Waals surface area contributed by atoms with E-state index in [0.717, 1.165) is 0 Å². The number of fused-ring (bicyclic) bond motifs is 1. The van der Waals surface area contributed by atoms with Gasteiger partial charge in [0, 0.05) is 33.1 Å². The SMILES string of the molecule is CC(=O)N1CCN(C(=O)c2nc3ccccc3o2)CC(O)C1. The molecule has 7 heteroatoms. The number of amides is 2. The van der Waals surface area contributed by atoms with Crippen molar-refractivity contribution in [3.05, 3.63) is 30.2 Å². The number of nitrogens with zero attached hydrogens (tertiary/aromatic N) is 3. The molecule has 1 aromatic heterocycles. The molecule has 2 amide bonds. The molecule has 1 atom stereocenters. The van der Waals surface area contributed by atoms with Gasteiger partial charge in [-0.3, -0.25) is 9.59 Å². The lowest BCUT2D eigenvalue weighted by Crippen LogP contribution is -2.37. The van der Waals surface area contributed by atoms with Crippen molar-refractivity contribution in [2.24, 2.45) is 0 Å². The maximum Gasteiger partial charge on any atom is 0.309 e. The predicted octanol–water partition coefficient (Wildman–Crippen LogP) is 0.493. The number of rotatable bonds is 1. The summed E-state index contributed by atoms with van der Waals surface area (Å²) < 4.78 is 5.47. The number of oxazole rings is 1. The third-order valence-corrected chi connectivity index (χ3v) is 3.71. The van der Waals surface area contributed by atoms with Crippen molar-refractivity contribution >= 4 is 22.9 Å². The molecule has 0 bridgehead atoms. The number of aliphatic hydroxyl groups is 1. The second kappa shape index (κ2) is 5.76. The van der Waals surface area contributed by atoms with Crippen LogP contribution in [0.2, 0.25) is 0 Å². The Hall–Kier alpha value is -2.41. The van der Waals surface area contributed by atoms with Crippen LogP contribution in [0.4, 0.5) is 0 Å². The van der Waals surface area contributed by atoms with E-state index in [9.17, 15) is 14.7 Å². The number of carbonyl (C=O) groups is 2. The Labute approximate surface area is 127 Å². The maximum absolute atomic E-state index is 12.5. The molecule has 0 saturated carbocycles. The fourth-order valence-corrected chi connectivity index (χ4v) is 2.56. The van der Waals surface area contributed by atoms with Gasteiger partial charge in [-0.15, -0.1) is 0 Å². The third-order valence-electron chi connectivity index (χ3n) is 3.71. The zero-order chi connectivity index (χ0) is 15.7. The van der Waals surface area contributed by atoms with E-state index < -0.39 is 6.10 Å². The van der Waals surface area contributed by atoms with Crippen LogP contribution in [0.3, 0.4) is 0 Å². The van der Waals surface area contributed by atoms with E-state index in [1.807, 2.05) is 12.1 Å². The number of hydrogen-bond acceptors (Lipinski definition) is 5. The topological polar surface area (TPSA) is 86.9 Å². The van der Waals surface area contributed by atoms with Crippen LogP contribution in [0.1, 0.15) is 17.6 Å². The molecule has 1 fully saturated rings. The molecule has 1 unspecified atom stereocenters. The molecule has 2 aromatic rings. The molecule has 3 rings (SSSR count). The summed E-state index contributed by atoms with van der Waals surface area (Å²) in [5, 5.41) is 9.98. The van der Waals surface area contributed by atoms with Crippen LogP contribution in [0.25, 0.3) is 11.1 Å². The van der Waals surface area contributed by atoms with Crippen LogP contribution < -0.4 is 0 Å². The highest BCUT2D eigenvalue weighted by Gasteiger charge is 2.28. The molecule has 1 saturated heterocycles. The van der Waals surface area contributed by atoms with E-state index in [1.165, 1.54) is 16.7 Å². The Balaban J connectivity index is 1.80. The molecular weight excluding hydrogens is 286 g/mol. The second-order valence-corrected chi connectivity index (χ2v) is 5.36. The lowest BCUT2D eigenvalue weighted by atomic mass is 10.3. The normalized spacial score (nSPS) is 19.3. The van der Waals surface area contributed by atoms with Gasteiger partial charge >= 0.3 is 5.91 Å². The smallest absolute Gasteiger partial charge is 0.309 e. The van der Waals surface area contributed by atoms with E-state index in [1.54, 1.807) is 12.1 Å². The maximum atomic E-state index is 12.5. The fourth-order valence-electron chi connectivity index (χ4n) is 2.56. The van der Waals surface area contributed by atoms with Gasteiger partial charge in [0.25, 0.3) is 5.89 Å². The van der Waals surface area contributed by atoms with Gasteiger partial charge in [0.15, 0.2) is 5.58 Å². The quantitative estimate of drug-likeness (QED) is 0.828. The molecule has 7 nitrogen and oxygen atoms in total. The minimum Gasteiger partial charge on any atom is -0.432 e. The number of para-hydroxylation sites is 2. The predicted molar refractivity (Wildman–Crippen MR) is 78.2 cm³/mol. The summed E-state index contributed by atoms with van der Waals surface area (Å²) in [6.45, 7) is 2.56. The molecule has 0 spiro atoms. The van der Waals surface area contributed by atoms with Crippen LogP contribution in [0.15, 0.2) is 28.7 Å². The van der Waals surface area contributed by atoms with Crippen molar-refractivity contribution in [3.63, 3.8) is 0 Å². The van der Waals surface area contributed by atoms with Gasteiger partial charge in [0.2, 0.25) is 5.91 Å². The number of aliphatic hydroxyl groups excluding tert-OH is 1. The van der Waals surface area contributed by atoms with Gasteiger partial charge in [-0.1, -0.05) is 12.1 Å². The Bertz CT molecular complexity index is 679. The highest BCUT2D eigenvalue weighted by Crippen LogP contribution is 2.17. The van der Waals surface area contributed by atoms with Crippen LogP contribution in [-0.4, -0.2) is 64.0 Å². The lowest BCUT2D eigenvalue weighted by molar-refractivity contribution is -0.129. The molecule has 0 aliphatic carbocycles. The van der Waals surface area contributed by atoms with E-state index in [2.05, 4.69) is 4.98 Å². The van der Waals surface area contributed by atoms with Gasteiger partial charge in [-0.2, -0.15) is 0 Å². The summed E-state index contributed by atoms with van der Waals surface area (Å²) >= 11 is 0. The number of carbonyl (C=O) groups excluding carboxylic acids is 2. The molecule has 1 aromatic carbocycles. The van der Waals surface area contributed by atoms with Crippen molar-refractivity contribution in [1.29, 1.82) is 0 Å². The molecule has 1 N–H and O–H groups in total. The molecule has 116 valence electrons. The van der Waals surface area contributed by atoms with Crippen molar-refractivity contribution in [3.8, 4) is 0 Å². The van der Waals surface area contributed by atoms with Gasteiger partial charge in [-0.05, 0) is 12.1 Å². The first-order valence-electron chi connectivity index (χ1n) is 7.13. The first kappa shape index (κ1) is 14.5. The molecular formula is C15H17N3O4. The van der Waals surface area contributed by atoms with Gasteiger partial charge in [0.1, 0.15) is 5.52 Å². The first-order chi connectivity index (χ1) is 10.5. The van der Waals surface area contributed by atoms with Crippen molar-refractivity contribution in [2.75, 3.05) is 26.2 Å². The minimum atomic E-state index is -0.778.